The highest BCUT2D eigenvalue weighted by atomic mass is 16.4. The Kier molecular flexibility index (Phi) is 10.7. The first-order valence-electron chi connectivity index (χ1n) is 7.29. The summed E-state index contributed by atoms with van der Waals surface area (Å²) in [5.74, 6) is -2.05. The van der Waals surface area contributed by atoms with Crippen LogP contribution in [0.5, 0.6) is 0 Å². The van der Waals surface area contributed by atoms with E-state index in [4.69, 9.17) is 10.2 Å². The Hall–Kier alpha value is -1.36. The van der Waals surface area contributed by atoms with E-state index in [0.717, 1.165) is 44.9 Å². The van der Waals surface area contributed by atoms with Gasteiger partial charge in [-0.3, -0.25) is 4.79 Å². The van der Waals surface area contributed by atoms with Crippen molar-refractivity contribution >= 4 is 11.9 Å². The van der Waals surface area contributed by atoms with Crippen LogP contribution in [0.25, 0.3) is 0 Å². The fourth-order valence-corrected chi connectivity index (χ4v) is 1.94. The molecule has 5 heteroatoms. The second-order valence-electron chi connectivity index (χ2n) is 5.00. The minimum Gasteiger partial charge on any atom is -0.481 e. The predicted molar refractivity (Wildman–Crippen MR) is 76.6 cm³/mol. The summed E-state index contributed by atoms with van der Waals surface area (Å²) in [7, 11) is 0. The van der Waals surface area contributed by atoms with E-state index in [1.54, 1.807) is 0 Å². The van der Waals surface area contributed by atoms with Gasteiger partial charge in [0.25, 0.3) is 0 Å². The SMILES string of the molecule is CC[C@H](O)CCCCCCC/C(=C/CC(=O)O)C(=O)O. The molecule has 0 aromatic heterocycles. The summed E-state index contributed by atoms with van der Waals surface area (Å²) < 4.78 is 0. The molecule has 0 aliphatic carbocycles. The van der Waals surface area contributed by atoms with Crippen LogP contribution < -0.4 is 0 Å². The van der Waals surface area contributed by atoms with Gasteiger partial charge in [-0.1, -0.05) is 38.7 Å². The van der Waals surface area contributed by atoms with E-state index in [1.807, 2.05) is 6.92 Å². The largest absolute Gasteiger partial charge is 0.481 e. The van der Waals surface area contributed by atoms with E-state index >= 15 is 0 Å². The molecule has 0 fully saturated rings. The lowest BCUT2D eigenvalue weighted by Gasteiger charge is -2.07. The summed E-state index contributed by atoms with van der Waals surface area (Å²) in [5, 5.41) is 26.8. The zero-order valence-electron chi connectivity index (χ0n) is 12.2. The molecule has 0 saturated carbocycles. The zero-order valence-corrected chi connectivity index (χ0v) is 12.2. The standard InChI is InChI=1S/C15H26O5/c1-2-13(16)9-7-5-3-4-6-8-12(15(19)20)10-11-14(17)18/h10,13,16H,2-9,11H2,1H3,(H,17,18)(H,19,20)/b12-10-/t13-/m0/s1. The molecule has 20 heavy (non-hydrogen) atoms. The molecular weight excluding hydrogens is 260 g/mol. The normalized spacial score (nSPS) is 13.2. The summed E-state index contributed by atoms with van der Waals surface area (Å²) in [4.78, 5) is 21.3. The number of hydrogen-bond acceptors (Lipinski definition) is 3. The molecular formula is C15H26O5. The van der Waals surface area contributed by atoms with Crippen LogP contribution >= 0.6 is 0 Å². The molecule has 0 rings (SSSR count). The second-order valence-corrected chi connectivity index (χ2v) is 5.00. The molecule has 0 amide bonds. The predicted octanol–water partition coefficient (Wildman–Crippen LogP) is 2.97. The maximum atomic E-state index is 10.9. The number of carboxylic acids is 2. The highest BCUT2D eigenvalue weighted by Crippen LogP contribution is 2.13. The Morgan fingerprint density at radius 3 is 2.20 bits per heavy atom. The van der Waals surface area contributed by atoms with E-state index in [2.05, 4.69) is 0 Å². The van der Waals surface area contributed by atoms with Gasteiger partial charge in [0.1, 0.15) is 0 Å². The Morgan fingerprint density at radius 1 is 1.05 bits per heavy atom. The molecule has 0 spiro atoms. The molecule has 0 aliphatic heterocycles. The first-order chi connectivity index (χ1) is 9.47. The van der Waals surface area contributed by atoms with E-state index in [1.165, 1.54) is 6.08 Å². The van der Waals surface area contributed by atoms with E-state index < -0.39 is 11.9 Å². The van der Waals surface area contributed by atoms with Gasteiger partial charge >= 0.3 is 11.9 Å². The molecule has 0 unspecified atom stereocenters. The van der Waals surface area contributed by atoms with Gasteiger partial charge in [0.2, 0.25) is 0 Å². The average molecular weight is 286 g/mol. The van der Waals surface area contributed by atoms with Crippen molar-refractivity contribution in [2.75, 3.05) is 0 Å². The zero-order chi connectivity index (χ0) is 15.4. The van der Waals surface area contributed by atoms with E-state index in [-0.39, 0.29) is 18.1 Å². The monoisotopic (exact) mass is 286 g/mol. The molecule has 0 heterocycles. The number of aliphatic hydroxyl groups excluding tert-OH is 1. The van der Waals surface area contributed by atoms with Crippen LogP contribution in [0.2, 0.25) is 0 Å². The summed E-state index contributed by atoms with van der Waals surface area (Å²) in [6, 6.07) is 0. The minimum atomic E-state index is -1.03. The van der Waals surface area contributed by atoms with E-state index in [9.17, 15) is 14.7 Å². The lowest BCUT2D eigenvalue weighted by molar-refractivity contribution is -0.136. The lowest BCUT2D eigenvalue weighted by Crippen LogP contribution is -2.03. The van der Waals surface area contributed by atoms with Crippen LogP contribution in [-0.4, -0.2) is 33.4 Å². The molecule has 0 aromatic carbocycles. The molecule has 1 atom stereocenters. The summed E-state index contributed by atoms with van der Waals surface area (Å²) in [6.07, 6.45) is 7.61. The minimum absolute atomic E-state index is 0.189. The molecule has 0 radical (unpaired) electrons. The molecule has 3 N–H and O–H groups in total. The quantitative estimate of drug-likeness (QED) is 0.379. The Balaban J connectivity index is 3.72. The maximum Gasteiger partial charge on any atom is 0.331 e. The van der Waals surface area contributed by atoms with Crippen molar-refractivity contribution in [2.45, 2.75) is 70.8 Å². The number of hydrogen-bond donors (Lipinski definition) is 3. The average Bonchev–Trinajstić information content (AvgIpc) is 2.39. The number of unbranched alkanes of at least 4 members (excludes halogenated alkanes) is 4. The smallest absolute Gasteiger partial charge is 0.331 e. The highest BCUT2D eigenvalue weighted by Gasteiger charge is 2.07. The van der Waals surface area contributed by atoms with Crippen molar-refractivity contribution < 1.29 is 24.9 Å². The summed E-state index contributed by atoms with van der Waals surface area (Å²) in [5.41, 5.74) is 0.189. The fraction of sp³-hybridized carbons (Fsp3) is 0.733. The third kappa shape index (κ3) is 10.6. The topological polar surface area (TPSA) is 94.8 Å². The number of aliphatic hydroxyl groups is 1. The van der Waals surface area contributed by atoms with Crippen molar-refractivity contribution in [2.24, 2.45) is 0 Å². The lowest BCUT2D eigenvalue weighted by atomic mass is 10.0. The number of rotatable bonds is 12. The Labute approximate surface area is 120 Å². The highest BCUT2D eigenvalue weighted by molar-refractivity contribution is 5.87. The molecule has 0 bridgehead atoms. The summed E-state index contributed by atoms with van der Waals surface area (Å²) >= 11 is 0. The number of carboxylic acid groups (broad SMARTS) is 2. The van der Waals surface area contributed by atoms with Gasteiger partial charge in [-0.25, -0.2) is 4.79 Å². The third-order valence-electron chi connectivity index (χ3n) is 3.25. The first kappa shape index (κ1) is 18.6. The first-order valence-corrected chi connectivity index (χ1v) is 7.29. The van der Waals surface area contributed by atoms with Gasteiger partial charge in [0, 0.05) is 5.57 Å². The third-order valence-corrected chi connectivity index (χ3v) is 3.25. The van der Waals surface area contributed by atoms with Crippen molar-refractivity contribution in [3.05, 3.63) is 11.6 Å². The van der Waals surface area contributed by atoms with Crippen LogP contribution in [0.15, 0.2) is 11.6 Å². The second kappa shape index (κ2) is 11.5. The number of aliphatic carboxylic acids is 2. The van der Waals surface area contributed by atoms with Crippen LogP contribution in [0, 0.1) is 0 Å². The van der Waals surface area contributed by atoms with Crippen LogP contribution in [0.4, 0.5) is 0 Å². The van der Waals surface area contributed by atoms with Crippen LogP contribution in [0.3, 0.4) is 0 Å². The molecule has 0 aliphatic rings. The summed E-state index contributed by atoms with van der Waals surface area (Å²) in [6.45, 7) is 1.96. The fourth-order valence-electron chi connectivity index (χ4n) is 1.94. The van der Waals surface area contributed by atoms with Crippen LogP contribution in [-0.2, 0) is 9.59 Å². The van der Waals surface area contributed by atoms with Gasteiger partial charge in [-0.15, -0.1) is 0 Å². The maximum absolute atomic E-state index is 10.9. The van der Waals surface area contributed by atoms with Gasteiger partial charge in [-0.2, -0.15) is 0 Å². The van der Waals surface area contributed by atoms with Crippen molar-refractivity contribution in [3.8, 4) is 0 Å². The van der Waals surface area contributed by atoms with Gasteiger partial charge in [0.15, 0.2) is 0 Å². The molecule has 0 aromatic rings. The van der Waals surface area contributed by atoms with E-state index in [0.29, 0.717) is 6.42 Å². The Morgan fingerprint density at radius 2 is 1.65 bits per heavy atom. The van der Waals surface area contributed by atoms with Crippen molar-refractivity contribution in [1.29, 1.82) is 0 Å². The van der Waals surface area contributed by atoms with Gasteiger partial charge < -0.3 is 15.3 Å². The number of carbonyl (C=O) groups is 2. The molecule has 5 nitrogen and oxygen atoms in total. The van der Waals surface area contributed by atoms with Gasteiger partial charge in [0.05, 0.1) is 12.5 Å². The van der Waals surface area contributed by atoms with Crippen LogP contribution in [0.1, 0.15) is 64.7 Å². The molecule has 0 saturated heterocycles. The van der Waals surface area contributed by atoms with Gasteiger partial charge in [-0.05, 0) is 25.7 Å². The van der Waals surface area contributed by atoms with Crippen molar-refractivity contribution in [3.63, 3.8) is 0 Å². The molecule has 116 valence electrons. The van der Waals surface area contributed by atoms with Crippen molar-refractivity contribution in [1.82, 2.24) is 0 Å². The Bertz CT molecular complexity index is 322.